The number of hydrogen-bond acceptors (Lipinski definition) is 4. The van der Waals surface area contributed by atoms with Crippen LogP contribution in [0.25, 0.3) is 10.2 Å². The van der Waals surface area contributed by atoms with Crippen molar-refractivity contribution in [3.8, 4) is 5.75 Å². The molecule has 0 bridgehead atoms. The summed E-state index contributed by atoms with van der Waals surface area (Å²) >= 11 is 1.54. The van der Waals surface area contributed by atoms with Crippen LogP contribution in [0.5, 0.6) is 5.75 Å². The van der Waals surface area contributed by atoms with E-state index in [1.54, 1.807) is 0 Å². The van der Waals surface area contributed by atoms with Gasteiger partial charge in [0.25, 0.3) is 5.91 Å². The zero-order valence-corrected chi connectivity index (χ0v) is 17.6. The first-order chi connectivity index (χ1) is 13.7. The standard InChI is InChI=1S/C22H27N3O2S/c1-4-24(5-2)14-15-25(21(26)17-10-8-7-9-11-17)22-23-19-13-12-18(27-6-3)16-20(19)28-22/h7-13,16H,4-6,14-15H2,1-3H3/p+1. The molecule has 148 valence electrons. The summed E-state index contributed by atoms with van der Waals surface area (Å²) in [6.07, 6.45) is 0. The molecular weight excluding hydrogens is 370 g/mol. The van der Waals surface area contributed by atoms with Crippen LogP contribution in [-0.2, 0) is 0 Å². The molecule has 1 heterocycles. The minimum atomic E-state index is -0.00348. The lowest BCUT2D eigenvalue weighted by Gasteiger charge is -2.23. The topological polar surface area (TPSA) is 46.9 Å². The first kappa shape index (κ1) is 20.3. The van der Waals surface area contributed by atoms with Crippen LogP contribution < -0.4 is 14.5 Å². The fraction of sp³-hybridized carbons (Fsp3) is 0.364. The monoisotopic (exact) mass is 398 g/mol. The number of thiazole rings is 1. The summed E-state index contributed by atoms with van der Waals surface area (Å²) in [5.74, 6) is 0.829. The van der Waals surface area contributed by atoms with E-state index in [9.17, 15) is 4.79 Å². The van der Waals surface area contributed by atoms with Gasteiger partial charge in [-0.2, -0.15) is 0 Å². The van der Waals surface area contributed by atoms with Gasteiger partial charge in [0, 0.05) is 5.56 Å². The number of ether oxygens (including phenoxy) is 1. The van der Waals surface area contributed by atoms with Gasteiger partial charge in [-0.25, -0.2) is 4.98 Å². The Morgan fingerprint density at radius 1 is 1.11 bits per heavy atom. The van der Waals surface area contributed by atoms with E-state index >= 15 is 0 Å². The molecule has 0 fully saturated rings. The van der Waals surface area contributed by atoms with Gasteiger partial charge in [-0.3, -0.25) is 9.69 Å². The van der Waals surface area contributed by atoms with Crippen LogP contribution >= 0.6 is 11.3 Å². The van der Waals surface area contributed by atoms with E-state index < -0.39 is 0 Å². The van der Waals surface area contributed by atoms with Gasteiger partial charge in [0.15, 0.2) is 5.13 Å². The third kappa shape index (κ3) is 4.69. The molecule has 2 aromatic carbocycles. The highest BCUT2D eigenvalue weighted by molar-refractivity contribution is 7.22. The maximum atomic E-state index is 13.2. The van der Waals surface area contributed by atoms with E-state index in [-0.39, 0.29) is 5.91 Å². The van der Waals surface area contributed by atoms with Gasteiger partial charge in [0.05, 0.1) is 43.0 Å². The summed E-state index contributed by atoms with van der Waals surface area (Å²) in [6.45, 7) is 10.6. The highest BCUT2D eigenvalue weighted by Gasteiger charge is 2.22. The average Bonchev–Trinajstić information content (AvgIpc) is 3.15. The lowest BCUT2D eigenvalue weighted by molar-refractivity contribution is -0.894. The Labute approximate surface area is 170 Å². The number of amides is 1. The van der Waals surface area contributed by atoms with Crippen molar-refractivity contribution in [3.63, 3.8) is 0 Å². The van der Waals surface area contributed by atoms with Gasteiger partial charge in [-0.1, -0.05) is 29.5 Å². The third-order valence-corrected chi connectivity index (χ3v) is 5.89. The number of benzene rings is 2. The molecule has 3 aromatic rings. The largest absolute Gasteiger partial charge is 0.494 e. The molecule has 6 heteroatoms. The van der Waals surface area contributed by atoms with E-state index in [2.05, 4.69) is 13.8 Å². The molecule has 0 saturated carbocycles. The molecule has 1 N–H and O–H groups in total. The number of quaternary nitrogens is 1. The SMILES string of the molecule is CCOc1ccc2nc(N(CC[NH+](CC)CC)C(=O)c3ccccc3)sc2c1. The summed E-state index contributed by atoms with van der Waals surface area (Å²) in [7, 11) is 0. The number of fused-ring (bicyclic) bond motifs is 1. The number of nitrogens with zero attached hydrogens (tertiary/aromatic N) is 2. The predicted octanol–water partition coefficient (Wildman–Crippen LogP) is 3.27. The van der Waals surface area contributed by atoms with Crippen LogP contribution in [0.2, 0.25) is 0 Å². The van der Waals surface area contributed by atoms with Crippen LogP contribution in [0.4, 0.5) is 5.13 Å². The summed E-state index contributed by atoms with van der Waals surface area (Å²) < 4.78 is 6.63. The van der Waals surface area contributed by atoms with Crippen LogP contribution in [0.3, 0.4) is 0 Å². The van der Waals surface area contributed by atoms with E-state index in [0.717, 1.165) is 40.7 Å². The first-order valence-corrected chi connectivity index (χ1v) is 10.7. The smallest absolute Gasteiger partial charge is 0.260 e. The predicted molar refractivity (Wildman–Crippen MR) is 116 cm³/mol. The van der Waals surface area contributed by atoms with E-state index in [1.165, 1.54) is 16.2 Å². The fourth-order valence-corrected chi connectivity index (χ4v) is 4.18. The van der Waals surface area contributed by atoms with Crippen LogP contribution in [-0.4, -0.2) is 43.7 Å². The fourth-order valence-electron chi connectivity index (χ4n) is 3.16. The number of anilines is 1. The molecule has 0 spiro atoms. The number of nitrogens with one attached hydrogen (secondary N) is 1. The van der Waals surface area contributed by atoms with Crippen molar-refractivity contribution in [1.29, 1.82) is 0 Å². The highest BCUT2D eigenvalue weighted by Crippen LogP contribution is 2.32. The van der Waals surface area contributed by atoms with E-state index in [4.69, 9.17) is 9.72 Å². The summed E-state index contributed by atoms with van der Waals surface area (Å²) in [5, 5.41) is 0.740. The molecule has 3 rings (SSSR count). The van der Waals surface area contributed by atoms with Crippen molar-refractivity contribution in [3.05, 3.63) is 54.1 Å². The second-order valence-corrected chi connectivity index (χ2v) is 7.60. The van der Waals surface area contributed by atoms with Crippen LogP contribution in [0.15, 0.2) is 48.5 Å². The van der Waals surface area contributed by atoms with Crippen molar-refractivity contribution in [1.82, 2.24) is 4.98 Å². The minimum absolute atomic E-state index is 0.00348. The molecule has 0 saturated heterocycles. The van der Waals surface area contributed by atoms with Gasteiger partial charge in [-0.15, -0.1) is 0 Å². The number of carbonyl (C=O) groups is 1. The second kappa shape index (κ2) is 9.66. The van der Waals surface area contributed by atoms with E-state index in [1.807, 2.05) is 60.4 Å². The molecule has 0 radical (unpaired) electrons. The molecule has 0 aliphatic rings. The zero-order chi connectivity index (χ0) is 19.9. The summed E-state index contributed by atoms with van der Waals surface area (Å²) in [6, 6.07) is 15.3. The van der Waals surface area contributed by atoms with Crippen molar-refractivity contribution >= 4 is 32.6 Å². The average molecular weight is 399 g/mol. The lowest BCUT2D eigenvalue weighted by atomic mass is 10.2. The van der Waals surface area contributed by atoms with Crippen molar-refractivity contribution in [2.24, 2.45) is 0 Å². The van der Waals surface area contributed by atoms with Crippen molar-refractivity contribution < 1.29 is 14.4 Å². The van der Waals surface area contributed by atoms with Crippen molar-refractivity contribution in [2.45, 2.75) is 20.8 Å². The molecule has 0 atom stereocenters. The number of carbonyl (C=O) groups excluding carboxylic acids is 1. The highest BCUT2D eigenvalue weighted by atomic mass is 32.1. The van der Waals surface area contributed by atoms with Crippen LogP contribution in [0.1, 0.15) is 31.1 Å². The Morgan fingerprint density at radius 3 is 2.54 bits per heavy atom. The first-order valence-electron chi connectivity index (χ1n) is 9.90. The van der Waals surface area contributed by atoms with Gasteiger partial charge in [0.1, 0.15) is 5.75 Å². The zero-order valence-electron chi connectivity index (χ0n) is 16.8. The molecule has 0 aliphatic carbocycles. The summed E-state index contributed by atoms with van der Waals surface area (Å²) in [4.78, 5) is 21.3. The van der Waals surface area contributed by atoms with Gasteiger partial charge in [-0.05, 0) is 51.1 Å². The molecule has 0 aliphatic heterocycles. The van der Waals surface area contributed by atoms with Crippen molar-refractivity contribution in [2.75, 3.05) is 37.7 Å². The molecule has 28 heavy (non-hydrogen) atoms. The Hall–Kier alpha value is -2.44. The Balaban J connectivity index is 1.93. The second-order valence-electron chi connectivity index (χ2n) is 6.59. The normalized spacial score (nSPS) is 11.1. The van der Waals surface area contributed by atoms with Gasteiger partial charge in [0.2, 0.25) is 0 Å². The molecule has 5 nitrogen and oxygen atoms in total. The van der Waals surface area contributed by atoms with Gasteiger partial charge >= 0.3 is 0 Å². The van der Waals surface area contributed by atoms with Crippen LogP contribution in [0, 0.1) is 0 Å². The maximum absolute atomic E-state index is 13.2. The number of likely N-dealkylation sites (N-methyl/N-ethyl adjacent to an activating group) is 1. The van der Waals surface area contributed by atoms with Gasteiger partial charge < -0.3 is 9.64 Å². The quantitative estimate of drug-likeness (QED) is 0.602. The molecule has 1 amide bonds. The lowest BCUT2D eigenvalue weighted by Crippen LogP contribution is -3.12. The number of hydrogen-bond donors (Lipinski definition) is 1. The maximum Gasteiger partial charge on any atom is 0.260 e. The Bertz CT molecular complexity index is 907. The number of aromatic nitrogens is 1. The third-order valence-electron chi connectivity index (χ3n) is 4.85. The Morgan fingerprint density at radius 2 is 1.86 bits per heavy atom. The molecule has 0 unspecified atom stereocenters. The minimum Gasteiger partial charge on any atom is -0.494 e. The number of rotatable bonds is 9. The summed E-state index contributed by atoms with van der Waals surface area (Å²) in [5.41, 5.74) is 1.58. The Kier molecular flexibility index (Phi) is 7.01. The molecule has 1 aromatic heterocycles. The van der Waals surface area contributed by atoms with E-state index in [0.29, 0.717) is 18.7 Å². The molecular formula is C22H28N3O2S+.